The predicted molar refractivity (Wildman–Crippen MR) is 134 cm³/mol. The minimum Gasteiger partial charge on any atom is -0.346 e. The lowest BCUT2D eigenvalue weighted by Crippen LogP contribution is -2.42. The standard InChI is InChI=1S/C26H32FN3O3S/c1-3-4-14-28(2)24(31)20-9-5-18(6-10-20)17-30-25(32)23-22(13-15-34-23)29(26(30)33)16-19-7-11-21(27)12-8-19/h7-8,11-13,15,18,20H,3-6,9-10,14,16-17H2,1-2H3. The van der Waals surface area contributed by atoms with Gasteiger partial charge >= 0.3 is 5.69 Å². The number of aromatic nitrogens is 2. The molecule has 0 spiro atoms. The number of fused-ring (bicyclic) bond motifs is 1. The molecule has 2 aromatic heterocycles. The Morgan fingerprint density at radius 3 is 2.47 bits per heavy atom. The highest BCUT2D eigenvalue weighted by atomic mass is 32.1. The van der Waals surface area contributed by atoms with Crippen LogP contribution in [0.4, 0.5) is 4.39 Å². The van der Waals surface area contributed by atoms with Gasteiger partial charge in [-0.25, -0.2) is 9.18 Å². The molecule has 0 unspecified atom stereocenters. The second kappa shape index (κ2) is 10.7. The van der Waals surface area contributed by atoms with Crippen molar-refractivity contribution in [2.45, 2.75) is 58.5 Å². The first-order chi connectivity index (χ1) is 16.4. The van der Waals surface area contributed by atoms with Crippen molar-refractivity contribution in [1.29, 1.82) is 0 Å². The first kappa shape index (κ1) is 24.4. The minimum atomic E-state index is -0.335. The topological polar surface area (TPSA) is 64.3 Å². The van der Waals surface area contributed by atoms with Gasteiger partial charge < -0.3 is 4.90 Å². The van der Waals surface area contributed by atoms with Gasteiger partial charge in [0.25, 0.3) is 5.56 Å². The third-order valence-electron chi connectivity index (χ3n) is 6.95. The molecule has 182 valence electrons. The number of hydrogen-bond acceptors (Lipinski definition) is 4. The Kier molecular flexibility index (Phi) is 7.66. The zero-order valence-electron chi connectivity index (χ0n) is 19.8. The molecular weight excluding hydrogens is 453 g/mol. The predicted octanol–water partition coefficient (Wildman–Crippen LogP) is 4.48. The van der Waals surface area contributed by atoms with Crippen LogP contribution in [0.15, 0.2) is 45.3 Å². The minimum absolute atomic E-state index is 0.0322. The van der Waals surface area contributed by atoms with Gasteiger partial charge in [-0.3, -0.25) is 18.7 Å². The van der Waals surface area contributed by atoms with Crippen LogP contribution in [0.5, 0.6) is 0 Å². The number of thiophene rings is 1. The normalized spacial score (nSPS) is 18.3. The highest BCUT2D eigenvalue weighted by Crippen LogP contribution is 2.31. The van der Waals surface area contributed by atoms with Gasteiger partial charge in [-0.15, -0.1) is 11.3 Å². The molecule has 0 radical (unpaired) electrons. The third kappa shape index (κ3) is 5.17. The molecule has 8 heteroatoms. The maximum Gasteiger partial charge on any atom is 0.331 e. The molecule has 0 aliphatic heterocycles. The highest BCUT2D eigenvalue weighted by molar-refractivity contribution is 7.17. The Labute approximate surface area is 202 Å². The van der Waals surface area contributed by atoms with Crippen LogP contribution in [0, 0.1) is 17.7 Å². The molecule has 1 saturated carbocycles. The number of nitrogens with zero attached hydrogens (tertiary/aromatic N) is 3. The van der Waals surface area contributed by atoms with Crippen LogP contribution in [-0.2, 0) is 17.9 Å². The van der Waals surface area contributed by atoms with Crippen molar-refractivity contribution in [3.63, 3.8) is 0 Å². The third-order valence-corrected chi connectivity index (χ3v) is 7.84. The first-order valence-corrected chi connectivity index (χ1v) is 13.0. The lowest BCUT2D eigenvalue weighted by Gasteiger charge is -2.30. The maximum absolute atomic E-state index is 13.4. The van der Waals surface area contributed by atoms with E-state index in [1.807, 2.05) is 17.3 Å². The molecule has 3 aromatic rings. The van der Waals surface area contributed by atoms with E-state index in [4.69, 9.17) is 0 Å². The van der Waals surface area contributed by atoms with Crippen molar-refractivity contribution in [2.24, 2.45) is 11.8 Å². The fourth-order valence-corrected chi connectivity index (χ4v) is 5.73. The summed E-state index contributed by atoms with van der Waals surface area (Å²) in [6.07, 6.45) is 5.30. The first-order valence-electron chi connectivity index (χ1n) is 12.1. The van der Waals surface area contributed by atoms with Gasteiger partial charge in [0.05, 0.1) is 12.1 Å². The van der Waals surface area contributed by atoms with Crippen LogP contribution >= 0.6 is 11.3 Å². The largest absolute Gasteiger partial charge is 0.346 e. The summed E-state index contributed by atoms with van der Waals surface area (Å²) in [5.41, 5.74) is 0.831. The molecule has 0 saturated heterocycles. The van der Waals surface area contributed by atoms with E-state index < -0.39 is 0 Å². The van der Waals surface area contributed by atoms with Crippen LogP contribution in [-0.4, -0.2) is 33.5 Å². The van der Waals surface area contributed by atoms with E-state index in [9.17, 15) is 18.8 Å². The van der Waals surface area contributed by atoms with Gasteiger partial charge in [0.2, 0.25) is 5.91 Å². The van der Waals surface area contributed by atoms with E-state index in [1.165, 1.54) is 28.0 Å². The fourth-order valence-electron chi connectivity index (χ4n) is 4.89. The molecule has 1 amide bonds. The van der Waals surface area contributed by atoms with E-state index in [-0.39, 0.29) is 41.4 Å². The molecule has 0 N–H and O–H groups in total. The van der Waals surface area contributed by atoms with Crippen LogP contribution in [0.3, 0.4) is 0 Å². The average Bonchev–Trinajstić information content (AvgIpc) is 3.34. The molecule has 2 heterocycles. The summed E-state index contributed by atoms with van der Waals surface area (Å²) in [5.74, 6) is 0.106. The number of amides is 1. The lowest BCUT2D eigenvalue weighted by molar-refractivity contribution is -0.135. The van der Waals surface area contributed by atoms with Gasteiger partial charge in [0.15, 0.2) is 0 Å². The van der Waals surface area contributed by atoms with Crippen LogP contribution < -0.4 is 11.2 Å². The SMILES string of the molecule is CCCCN(C)C(=O)C1CCC(Cn2c(=O)c3sccc3n(Cc3ccc(F)cc3)c2=O)CC1. The zero-order chi connectivity index (χ0) is 24.2. The van der Waals surface area contributed by atoms with E-state index >= 15 is 0 Å². The molecule has 0 atom stereocenters. The summed E-state index contributed by atoms with van der Waals surface area (Å²) in [6.45, 7) is 3.55. The number of rotatable bonds is 8. The molecule has 1 fully saturated rings. The van der Waals surface area contributed by atoms with E-state index in [0.717, 1.165) is 50.6 Å². The van der Waals surface area contributed by atoms with Crippen molar-refractivity contribution in [1.82, 2.24) is 14.0 Å². The molecular formula is C26H32FN3O3S. The monoisotopic (exact) mass is 485 g/mol. The van der Waals surface area contributed by atoms with Crippen LogP contribution in [0.25, 0.3) is 10.2 Å². The van der Waals surface area contributed by atoms with Gasteiger partial charge in [-0.05, 0) is 67.2 Å². The molecule has 4 rings (SSSR count). The number of hydrogen-bond donors (Lipinski definition) is 0. The molecule has 0 bridgehead atoms. The molecule has 1 aliphatic carbocycles. The summed E-state index contributed by atoms with van der Waals surface area (Å²) in [5, 5.41) is 1.82. The molecule has 1 aromatic carbocycles. The maximum atomic E-state index is 13.4. The molecule has 1 aliphatic rings. The summed E-state index contributed by atoms with van der Waals surface area (Å²) < 4.78 is 16.9. The molecule has 34 heavy (non-hydrogen) atoms. The Hall–Kier alpha value is -2.74. The Morgan fingerprint density at radius 2 is 1.79 bits per heavy atom. The average molecular weight is 486 g/mol. The van der Waals surface area contributed by atoms with Crippen molar-refractivity contribution < 1.29 is 9.18 Å². The van der Waals surface area contributed by atoms with Gasteiger partial charge in [0.1, 0.15) is 10.5 Å². The highest BCUT2D eigenvalue weighted by Gasteiger charge is 2.29. The van der Waals surface area contributed by atoms with Crippen LogP contribution in [0.2, 0.25) is 0 Å². The zero-order valence-corrected chi connectivity index (χ0v) is 20.7. The van der Waals surface area contributed by atoms with Gasteiger partial charge in [0, 0.05) is 26.1 Å². The summed E-state index contributed by atoms with van der Waals surface area (Å²) >= 11 is 1.34. The van der Waals surface area contributed by atoms with E-state index in [1.54, 1.807) is 22.8 Å². The summed E-state index contributed by atoms with van der Waals surface area (Å²) in [6, 6.07) is 7.86. The quantitative estimate of drug-likeness (QED) is 0.473. The van der Waals surface area contributed by atoms with Crippen molar-refractivity contribution in [3.8, 4) is 0 Å². The second-order valence-corrected chi connectivity index (χ2v) is 10.3. The Morgan fingerprint density at radius 1 is 1.09 bits per heavy atom. The van der Waals surface area contributed by atoms with Crippen molar-refractivity contribution in [2.75, 3.05) is 13.6 Å². The van der Waals surface area contributed by atoms with Gasteiger partial charge in [-0.1, -0.05) is 25.5 Å². The summed E-state index contributed by atoms with van der Waals surface area (Å²) in [7, 11) is 1.88. The fraction of sp³-hybridized carbons (Fsp3) is 0.500. The number of halogens is 1. The number of carbonyl (C=O) groups is 1. The number of carbonyl (C=O) groups excluding carboxylic acids is 1. The van der Waals surface area contributed by atoms with E-state index in [0.29, 0.717) is 16.8 Å². The second-order valence-electron chi connectivity index (χ2n) is 9.38. The molecule has 6 nitrogen and oxygen atoms in total. The number of unbranched alkanes of at least 4 members (excludes halogenated alkanes) is 1. The number of benzene rings is 1. The van der Waals surface area contributed by atoms with E-state index in [2.05, 4.69) is 6.92 Å². The lowest BCUT2D eigenvalue weighted by atomic mass is 9.81. The summed E-state index contributed by atoms with van der Waals surface area (Å²) in [4.78, 5) is 41.1. The Balaban J connectivity index is 1.52. The van der Waals surface area contributed by atoms with Gasteiger partial charge in [-0.2, -0.15) is 0 Å². The smallest absolute Gasteiger partial charge is 0.331 e. The van der Waals surface area contributed by atoms with Crippen LogP contribution in [0.1, 0.15) is 51.0 Å². The van der Waals surface area contributed by atoms with Crippen molar-refractivity contribution >= 4 is 27.5 Å². The Bertz CT molecular complexity index is 1250. The van der Waals surface area contributed by atoms with Crippen molar-refractivity contribution in [3.05, 3.63) is 67.9 Å².